The highest BCUT2D eigenvalue weighted by atomic mass is 19.4. The number of nitrogens with one attached hydrogen (secondary N) is 4. The van der Waals surface area contributed by atoms with Crippen molar-refractivity contribution < 1.29 is 85.5 Å². The Morgan fingerprint density at radius 3 is 1.81 bits per heavy atom. The molecule has 2 aliphatic heterocycles. The van der Waals surface area contributed by atoms with Crippen LogP contribution < -0.4 is 32.7 Å². The maximum Gasteiger partial charge on any atom is 0.490 e. The predicted molar refractivity (Wildman–Crippen MR) is 331 cm³/mol. The smallest absolute Gasteiger partial charge is 0.475 e. The van der Waals surface area contributed by atoms with E-state index in [2.05, 4.69) is 21.3 Å². The summed E-state index contributed by atoms with van der Waals surface area (Å²) < 4.78 is 49.4. The Morgan fingerprint density at radius 1 is 0.725 bits per heavy atom. The number of carboxylic acid groups (broad SMARTS) is 1. The lowest BCUT2D eigenvalue weighted by molar-refractivity contribution is -0.192. The number of likely N-dealkylation sites (tertiary alicyclic amines) is 2. The fraction of sp³-hybridized carbons (Fsp3) is 0.651. The van der Waals surface area contributed by atoms with Crippen molar-refractivity contribution in [2.24, 2.45) is 41.1 Å². The Morgan fingerprint density at radius 2 is 1.30 bits per heavy atom. The highest BCUT2D eigenvalue weighted by molar-refractivity contribution is 5.99. The maximum absolute atomic E-state index is 14.7. The molecule has 0 spiro atoms. The van der Waals surface area contributed by atoms with Crippen molar-refractivity contribution in [2.75, 3.05) is 46.7 Å². The Hall–Kier alpha value is -7.43. The van der Waals surface area contributed by atoms with Crippen LogP contribution in [0, 0.1) is 29.6 Å². The lowest BCUT2D eigenvalue weighted by Crippen LogP contribution is -2.60. The molecule has 2 fully saturated rings. The molecule has 2 saturated heterocycles. The first kappa shape index (κ1) is 77.8. The number of nitrogens with zero attached hydrogens (tertiary/aromatic N) is 4. The fourth-order valence-corrected chi connectivity index (χ4v) is 11.4. The molecule has 2 heterocycles. The van der Waals surface area contributed by atoms with E-state index in [4.69, 9.17) is 35.6 Å². The molecule has 0 bridgehead atoms. The number of benzene rings is 2. The summed E-state index contributed by atoms with van der Waals surface area (Å²) in [7, 11) is 6.11. The van der Waals surface area contributed by atoms with E-state index in [0.29, 0.717) is 55.5 Å². The van der Waals surface area contributed by atoms with E-state index in [1.807, 2.05) is 45.9 Å². The van der Waals surface area contributed by atoms with Crippen LogP contribution in [0.4, 0.5) is 23.7 Å². The molecule has 2 aromatic rings. The van der Waals surface area contributed by atoms with E-state index in [1.165, 1.54) is 31.1 Å². The van der Waals surface area contributed by atoms with Crippen LogP contribution in [-0.2, 0) is 64.0 Å². The summed E-state index contributed by atoms with van der Waals surface area (Å²) in [6.07, 6.45) is -5.85. The second kappa shape index (κ2) is 36.0. The minimum absolute atomic E-state index is 0.0791. The molecule has 28 heteroatoms. The molecule has 0 radical (unpaired) electrons. The van der Waals surface area contributed by atoms with Crippen molar-refractivity contribution in [1.82, 2.24) is 35.6 Å². The standard InChI is InChI=1S/C61H96N10O13.C2HF3O2/c1-15-37(8)52(46(82-13)32-48(73)70-29-19-23-44(70)54(83-14)38(9)55(75)64-39(10)53(74)41-21-17-16-18-22-41)68(11)60(80)50(35(4)5)67-58(78)51(36(6)7)69(12)61(81)84-33-40-25-27-42(28-26-40)65-57(77)49(34(2)3)66-56(76)45-24-20-30-71(45)59(79)43(62)31-47(63)72;3-2(4,5)1(6)7/h16-18,21-22,25-28,34-39,43-46,49-54,74H,15,19-20,23-24,29-33,62H2,1-14H3,(H2,63,72)(H,64,75)(H,65,77)(H,66,76)(H,67,78);(H,6,7)/t37-,38+,39+,43-,44-,45?,46+,49-,50-,51-,52-,53+,54+;/m0./s1. The first-order chi connectivity index (χ1) is 42.5. The summed E-state index contributed by atoms with van der Waals surface area (Å²) in [5.74, 6) is -8.61. The highest BCUT2D eigenvalue weighted by Crippen LogP contribution is 2.31. The number of hydrogen-bond donors (Lipinski definition) is 8. The number of methoxy groups -OCH3 is 2. The first-order valence-electron chi connectivity index (χ1n) is 30.7. The van der Waals surface area contributed by atoms with Gasteiger partial charge in [-0.05, 0) is 79.5 Å². The molecule has 0 aliphatic carbocycles. The molecule has 1 unspecified atom stereocenters. The lowest BCUT2D eigenvalue weighted by Gasteiger charge is -2.41. The number of alkyl halides is 3. The number of carbonyl (C=O) groups excluding carboxylic acids is 9. The van der Waals surface area contributed by atoms with Crippen LogP contribution in [0.1, 0.15) is 131 Å². The second-order valence-corrected chi connectivity index (χ2v) is 24.5. The number of nitrogens with two attached hydrogens (primary N) is 2. The van der Waals surface area contributed by atoms with Crippen LogP contribution in [0.15, 0.2) is 54.6 Å². The number of halogens is 3. The Balaban J connectivity index is 0.00000291. The molecule has 9 amide bonds. The maximum atomic E-state index is 14.7. The molecular formula is C63H97F3N10O15. The van der Waals surface area contributed by atoms with Gasteiger partial charge in [0.1, 0.15) is 30.8 Å². The van der Waals surface area contributed by atoms with Gasteiger partial charge in [-0.3, -0.25) is 43.3 Å². The van der Waals surface area contributed by atoms with Crippen LogP contribution in [0.25, 0.3) is 0 Å². The fourth-order valence-electron chi connectivity index (χ4n) is 11.4. The topological polar surface area (TPSA) is 352 Å². The number of amides is 9. The number of aliphatic carboxylic acids is 1. The second-order valence-electron chi connectivity index (χ2n) is 24.5. The van der Waals surface area contributed by atoms with E-state index in [9.17, 15) is 61.4 Å². The van der Waals surface area contributed by atoms with Crippen LogP contribution >= 0.6 is 0 Å². The third-order valence-electron chi connectivity index (χ3n) is 16.7. The first-order valence-corrected chi connectivity index (χ1v) is 30.7. The number of aliphatic hydroxyl groups excluding tert-OH is 1. The van der Waals surface area contributed by atoms with Crippen molar-refractivity contribution in [3.8, 4) is 0 Å². The van der Waals surface area contributed by atoms with Gasteiger partial charge in [0, 0.05) is 47.1 Å². The van der Waals surface area contributed by atoms with Gasteiger partial charge in [0.15, 0.2) is 0 Å². The molecule has 25 nitrogen and oxygen atoms in total. The minimum Gasteiger partial charge on any atom is -0.475 e. The van der Waals surface area contributed by atoms with Gasteiger partial charge in [-0.15, -0.1) is 0 Å². The molecule has 4 rings (SSSR count). The van der Waals surface area contributed by atoms with E-state index < -0.39 is 138 Å². The molecule has 2 aliphatic rings. The molecule has 10 N–H and O–H groups in total. The summed E-state index contributed by atoms with van der Waals surface area (Å²) in [4.78, 5) is 137. The molecule has 0 saturated carbocycles. The Labute approximate surface area is 531 Å². The number of anilines is 1. The van der Waals surface area contributed by atoms with Crippen molar-refractivity contribution >= 4 is 65.0 Å². The van der Waals surface area contributed by atoms with Gasteiger partial charge in [-0.1, -0.05) is 111 Å². The van der Waals surface area contributed by atoms with E-state index in [1.54, 1.807) is 94.8 Å². The summed E-state index contributed by atoms with van der Waals surface area (Å²) in [5, 5.41) is 29.5. The summed E-state index contributed by atoms with van der Waals surface area (Å²) >= 11 is 0. The van der Waals surface area contributed by atoms with Gasteiger partial charge in [0.25, 0.3) is 0 Å². The van der Waals surface area contributed by atoms with Gasteiger partial charge in [0.2, 0.25) is 47.3 Å². The van der Waals surface area contributed by atoms with Gasteiger partial charge in [-0.2, -0.15) is 13.2 Å². The van der Waals surface area contributed by atoms with Crippen LogP contribution in [0.2, 0.25) is 0 Å². The number of likely N-dealkylation sites (N-methyl/N-ethyl adjacent to an activating group) is 2. The van der Waals surface area contributed by atoms with Crippen LogP contribution in [0.5, 0.6) is 0 Å². The molecule has 13 atom stereocenters. The molecule has 0 aromatic heterocycles. The van der Waals surface area contributed by atoms with Crippen molar-refractivity contribution in [1.29, 1.82) is 0 Å². The van der Waals surface area contributed by atoms with Gasteiger partial charge in [-0.25, -0.2) is 9.59 Å². The monoisotopic (exact) mass is 1290 g/mol. The number of rotatable bonds is 30. The predicted octanol–water partition coefficient (Wildman–Crippen LogP) is 4.49. The molecule has 510 valence electrons. The summed E-state index contributed by atoms with van der Waals surface area (Å²) in [6, 6.07) is 8.83. The minimum atomic E-state index is -5.08. The van der Waals surface area contributed by atoms with Crippen LogP contribution in [0.3, 0.4) is 0 Å². The van der Waals surface area contributed by atoms with Crippen molar-refractivity contribution in [3.63, 3.8) is 0 Å². The van der Waals surface area contributed by atoms with Crippen LogP contribution in [-0.4, -0.2) is 197 Å². The molecule has 2 aromatic carbocycles. The Kier molecular flexibility index (Phi) is 30.8. The average molecular weight is 1290 g/mol. The number of carboxylic acids is 1. The largest absolute Gasteiger partial charge is 0.490 e. The SMILES string of the molecule is CC[C@H](C)[C@@H]([C@@H](CC(=O)N1CCC[C@H]1[C@H](OC)[C@@H](C)C(=O)N[C@H](C)[C@@H](O)c1ccccc1)OC)N(C)C(=O)[C@@H](NC(=O)[C@H](C(C)C)N(C)C(=O)OCc1ccc(NC(=O)[C@@H](NC(=O)C2CCCN2C(=O)[C@@H](N)CC(N)=O)C(C)C)cc1)C(C)C.O=C(O)C(F)(F)F. The van der Waals surface area contributed by atoms with E-state index in [0.717, 1.165) is 0 Å². The van der Waals surface area contributed by atoms with Crippen molar-refractivity contribution in [2.45, 2.75) is 194 Å². The normalized spacial score (nSPS) is 18.6. The van der Waals surface area contributed by atoms with Gasteiger partial charge < -0.3 is 71.9 Å². The van der Waals surface area contributed by atoms with E-state index >= 15 is 0 Å². The third kappa shape index (κ3) is 22.1. The summed E-state index contributed by atoms with van der Waals surface area (Å²) in [6.45, 7) is 18.7. The number of aliphatic hydroxyl groups is 1. The van der Waals surface area contributed by atoms with Gasteiger partial charge in [0.05, 0.1) is 61.2 Å². The molecular weight excluding hydrogens is 1190 g/mol. The average Bonchev–Trinajstić information content (AvgIpc) is 1.86. The number of hydrogen-bond acceptors (Lipinski definition) is 15. The zero-order chi connectivity index (χ0) is 68.9. The zero-order valence-corrected chi connectivity index (χ0v) is 54.8. The number of carbonyl (C=O) groups is 10. The third-order valence-corrected chi connectivity index (χ3v) is 16.7. The van der Waals surface area contributed by atoms with E-state index in [-0.39, 0.29) is 49.6 Å². The number of primary amides is 1. The summed E-state index contributed by atoms with van der Waals surface area (Å²) in [5.41, 5.74) is 12.8. The quantitative estimate of drug-likeness (QED) is 0.0534. The zero-order valence-electron chi connectivity index (χ0n) is 54.8. The number of ether oxygens (including phenoxy) is 3. The Bertz CT molecular complexity index is 2760. The lowest BCUT2D eigenvalue weighted by atomic mass is 9.89. The van der Waals surface area contributed by atoms with Crippen molar-refractivity contribution in [3.05, 3.63) is 65.7 Å². The molecule has 91 heavy (non-hydrogen) atoms. The van der Waals surface area contributed by atoms with Gasteiger partial charge >= 0.3 is 18.2 Å². The highest BCUT2D eigenvalue weighted by Gasteiger charge is 2.45.